The molecule has 2 aliphatic heterocycles. The molecule has 5 rings (SSSR count). The van der Waals surface area contributed by atoms with Crippen LogP contribution < -0.4 is 21.8 Å². The number of aryl methyl sites for hydroxylation is 1. The highest BCUT2D eigenvalue weighted by Crippen LogP contribution is 2.20. The van der Waals surface area contributed by atoms with Gasteiger partial charge in [0.25, 0.3) is 0 Å². The minimum Gasteiger partial charge on any atom is -0.401 e. The summed E-state index contributed by atoms with van der Waals surface area (Å²) in [7, 11) is 0. The summed E-state index contributed by atoms with van der Waals surface area (Å²) >= 11 is 0. The summed E-state index contributed by atoms with van der Waals surface area (Å²) in [6.45, 7) is 8.15. The molecule has 0 saturated carbocycles. The average Bonchev–Trinajstić information content (AvgIpc) is 2.81. The molecule has 2 heterocycles. The fourth-order valence-corrected chi connectivity index (χ4v) is 4.13. The van der Waals surface area contributed by atoms with Crippen LogP contribution in [0.15, 0.2) is 57.8 Å². The lowest BCUT2D eigenvalue weighted by atomic mass is 10.1. The first-order valence-electron chi connectivity index (χ1n) is 11.8. The molecule has 0 unspecified atom stereocenters. The van der Waals surface area contributed by atoms with E-state index in [4.69, 9.17) is 15.7 Å². The number of aromatic nitrogens is 2. The van der Waals surface area contributed by atoms with Crippen LogP contribution in [0.3, 0.4) is 0 Å². The third-order valence-electron chi connectivity index (χ3n) is 5.89. The molecule has 1 aromatic carbocycles. The van der Waals surface area contributed by atoms with Gasteiger partial charge in [-0.05, 0) is 95.3 Å². The molecule has 176 valence electrons. The van der Waals surface area contributed by atoms with Crippen molar-refractivity contribution in [2.75, 3.05) is 0 Å². The van der Waals surface area contributed by atoms with E-state index in [0.29, 0.717) is 0 Å². The van der Waals surface area contributed by atoms with Gasteiger partial charge in [0.05, 0.1) is 33.1 Å². The first kappa shape index (κ1) is 23.6. The van der Waals surface area contributed by atoms with Crippen LogP contribution in [0.2, 0.25) is 0 Å². The molecular formula is C28H32FN5. The first-order valence-corrected chi connectivity index (χ1v) is 11.8. The zero-order valence-corrected chi connectivity index (χ0v) is 20.3. The van der Waals surface area contributed by atoms with E-state index < -0.39 is 0 Å². The summed E-state index contributed by atoms with van der Waals surface area (Å²) in [4.78, 5) is 13.7. The second-order valence-corrected chi connectivity index (χ2v) is 8.99. The number of nitrogens with two attached hydrogens (primary N) is 1. The molecule has 0 bridgehead atoms. The molecule has 0 aromatic heterocycles. The summed E-state index contributed by atoms with van der Waals surface area (Å²) < 4.78 is 15.6. The smallest absolute Gasteiger partial charge is 0.123 e. The lowest BCUT2D eigenvalue weighted by Gasteiger charge is -2.19. The van der Waals surface area contributed by atoms with Gasteiger partial charge in [-0.2, -0.15) is 0 Å². The second-order valence-electron chi connectivity index (χ2n) is 8.99. The highest BCUT2D eigenvalue weighted by molar-refractivity contribution is 5.62. The Balaban J connectivity index is 0.000000291. The van der Waals surface area contributed by atoms with E-state index in [1.807, 2.05) is 25.3 Å². The molecule has 0 spiro atoms. The van der Waals surface area contributed by atoms with Gasteiger partial charge in [-0.25, -0.2) is 9.37 Å². The Morgan fingerprint density at radius 3 is 2.41 bits per heavy atom. The standard InChI is InChI=1S/C22H22FN3.C6H10N2/c1-14(2)24-19-13-22-20(12-15(19)3)25-18-6-4-5-7-21(18)26(22)17-10-8-16(23)9-11-17;1-5-6(7)3-2-4-8-5/h6-14H,4-5H2,1-3H3;4H,2-3,7H2,1H3. The minimum absolute atomic E-state index is 0.218. The lowest BCUT2D eigenvalue weighted by molar-refractivity contribution is 0.627. The highest BCUT2D eigenvalue weighted by atomic mass is 19.1. The molecule has 2 N–H and O–H groups in total. The monoisotopic (exact) mass is 457 g/mol. The van der Waals surface area contributed by atoms with Crippen molar-refractivity contribution in [3.8, 4) is 17.1 Å². The molecule has 4 aliphatic rings. The Morgan fingerprint density at radius 2 is 1.76 bits per heavy atom. The van der Waals surface area contributed by atoms with Gasteiger partial charge < -0.3 is 10.3 Å². The minimum atomic E-state index is -0.233. The Hall–Kier alpha value is -3.54. The number of halogens is 1. The van der Waals surface area contributed by atoms with Gasteiger partial charge in [-0.3, -0.25) is 9.98 Å². The molecule has 0 atom stereocenters. The number of nitrogens with zero attached hydrogens (tertiary/aromatic N) is 4. The molecule has 2 aliphatic carbocycles. The lowest BCUT2D eigenvalue weighted by Crippen LogP contribution is -2.40. The third kappa shape index (κ3) is 5.16. The Bertz CT molecular complexity index is 1410. The van der Waals surface area contributed by atoms with Crippen molar-refractivity contribution < 1.29 is 4.39 Å². The van der Waals surface area contributed by atoms with Gasteiger partial charge in [0.2, 0.25) is 0 Å². The number of allylic oxidation sites excluding steroid dienone is 2. The van der Waals surface area contributed by atoms with E-state index >= 15 is 0 Å². The summed E-state index contributed by atoms with van der Waals surface area (Å²) in [5.74, 6) is -0.233. The quantitative estimate of drug-likeness (QED) is 0.629. The number of fused-ring (bicyclic) bond motifs is 2. The van der Waals surface area contributed by atoms with E-state index in [9.17, 15) is 4.39 Å². The van der Waals surface area contributed by atoms with E-state index in [1.165, 1.54) is 12.1 Å². The van der Waals surface area contributed by atoms with Gasteiger partial charge >= 0.3 is 0 Å². The van der Waals surface area contributed by atoms with Crippen LogP contribution in [0.5, 0.6) is 0 Å². The molecular weight excluding hydrogens is 425 g/mol. The van der Waals surface area contributed by atoms with Crippen molar-refractivity contribution in [2.45, 2.75) is 59.4 Å². The van der Waals surface area contributed by atoms with Crippen molar-refractivity contribution in [3.05, 3.63) is 75.2 Å². The summed E-state index contributed by atoms with van der Waals surface area (Å²) in [6, 6.07) is 11.1. The number of hydrogen-bond donors (Lipinski definition) is 1. The van der Waals surface area contributed by atoms with Gasteiger partial charge in [0, 0.05) is 23.6 Å². The van der Waals surface area contributed by atoms with Gasteiger partial charge in [-0.15, -0.1) is 0 Å². The molecule has 0 fully saturated rings. The van der Waals surface area contributed by atoms with Crippen LogP contribution in [0.25, 0.3) is 29.2 Å². The first-order chi connectivity index (χ1) is 16.3. The summed E-state index contributed by atoms with van der Waals surface area (Å²) in [5, 5.41) is 3.03. The van der Waals surface area contributed by atoms with Crippen molar-refractivity contribution in [2.24, 2.45) is 15.7 Å². The highest BCUT2D eigenvalue weighted by Gasteiger charge is 2.15. The summed E-state index contributed by atoms with van der Waals surface area (Å²) in [6.07, 6.45) is 10.3. The average molecular weight is 458 g/mol. The zero-order valence-electron chi connectivity index (χ0n) is 20.3. The molecule has 6 heteroatoms. The molecule has 5 nitrogen and oxygen atoms in total. The summed E-state index contributed by atoms with van der Waals surface area (Å²) in [5.41, 5.74) is 11.4. The maximum atomic E-state index is 13.5. The number of benzene rings is 2. The number of rotatable bonds is 2. The van der Waals surface area contributed by atoms with Gasteiger partial charge in [-0.1, -0.05) is 12.2 Å². The van der Waals surface area contributed by atoms with Crippen molar-refractivity contribution in [1.82, 2.24) is 9.55 Å². The number of aliphatic imine (C=N–C) groups is 1. The maximum absolute atomic E-state index is 13.5. The Morgan fingerprint density at radius 1 is 1.03 bits per heavy atom. The predicted molar refractivity (Wildman–Crippen MR) is 138 cm³/mol. The van der Waals surface area contributed by atoms with Crippen LogP contribution in [0, 0.1) is 12.7 Å². The van der Waals surface area contributed by atoms with Gasteiger partial charge in [0.1, 0.15) is 5.82 Å². The van der Waals surface area contributed by atoms with Crippen LogP contribution in [-0.4, -0.2) is 21.8 Å². The van der Waals surface area contributed by atoms with Crippen molar-refractivity contribution >= 4 is 18.4 Å². The second kappa shape index (κ2) is 10.2. The van der Waals surface area contributed by atoms with Crippen LogP contribution in [-0.2, 0) is 0 Å². The van der Waals surface area contributed by atoms with E-state index in [1.54, 1.807) is 0 Å². The SMILES string of the molecule is CC1=C(N)CCC=N1.Cc1cc2nc3c(n(-c4ccc(F)cc4)c-2cc1=NC(C)C)=CCCC=3. The normalized spacial score (nSPS) is 15.5. The topological polar surface area (TPSA) is 68.6 Å². The fraction of sp³-hybridized carbons (Fsp3) is 0.321. The zero-order chi connectivity index (χ0) is 24.2. The Labute approximate surface area is 200 Å². The molecule has 0 amide bonds. The molecule has 0 saturated heterocycles. The number of hydrogen-bond acceptors (Lipinski definition) is 4. The van der Waals surface area contributed by atoms with Crippen molar-refractivity contribution in [3.63, 3.8) is 0 Å². The maximum Gasteiger partial charge on any atom is 0.123 e. The van der Waals surface area contributed by atoms with E-state index in [2.05, 4.69) is 54.6 Å². The molecule has 0 radical (unpaired) electrons. The predicted octanol–water partition coefficient (Wildman–Crippen LogP) is 4.13. The van der Waals surface area contributed by atoms with Crippen LogP contribution in [0.4, 0.5) is 4.39 Å². The van der Waals surface area contributed by atoms with E-state index in [-0.39, 0.29) is 11.9 Å². The van der Waals surface area contributed by atoms with Crippen LogP contribution >= 0.6 is 0 Å². The van der Waals surface area contributed by atoms with E-state index in [0.717, 1.165) is 75.8 Å². The molecule has 1 aromatic rings. The fourth-order valence-electron chi connectivity index (χ4n) is 4.13. The van der Waals surface area contributed by atoms with Gasteiger partial charge in [0.15, 0.2) is 0 Å². The Kier molecular flexibility index (Phi) is 7.06. The largest absolute Gasteiger partial charge is 0.401 e. The van der Waals surface area contributed by atoms with Crippen molar-refractivity contribution in [1.29, 1.82) is 0 Å². The molecule has 34 heavy (non-hydrogen) atoms. The van der Waals surface area contributed by atoms with Crippen LogP contribution in [0.1, 0.15) is 52.0 Å². The third-order valence-corrected chi connectivity index (χ3v) is 5.89.